The Morgan fingerprint density at radius 1 is 0.946 bits per heavy atom. The number of thioether (sulfide) groups is 1. The molecule has 0 spiro atoms. The second-order valence-corrected chi connectivity index (χ2v) is 10.5. The van der Waals surface area contributed by atoms with Crippen molar-refractivity contribution < 1.29 is 18.8 Å². The van der Waals surface area contributed by atoms with Crippen molar-refractivity contribution in [2.75, 3.05) is 10.6 Å². The number of carbonyl (C=O) groups is 3. The normalized spacial score (nSPS) is 13.4. The van der Waals surface area contributed by atoms with E-state index < -0.39 is 11.8 Å². The number of nitrogens with one attached hydrogen (secondary N) is 2. The summed E-state index contributed by atoms with van der Waals surface area (Å²) in [4.78, 5) is 42.1. The van der Waals surface area contributed by atoms with Crippen LogP contribution in [0.15, 0.2) is 98.3 Å². The van der Waals surface area contributed by atoms with Gasteiger partial charge in [0.05, 0.1) is 17.7 Å². The molecule has 0 atom stereocenters. The molecule has 2 N–H and O–H groups in total. The van der Waals surface area contributed by atoms with Crippen LogP contribution >= 0.6 is 23.1 Å². The number of imide groups is 1. The third kappa shape index (κ3) is 5.37. The molecule has 37 heavy (non-hydrogen) atoms. The zero-order valence-electron chi connectivity index (χ0n) is 20.1. The summed E-state index contributed by atoms with van der Waals surface area (Å²) in [6.07, 6.45) is 1.51. The average molecular weight is 530 g/mol. The maximum absolute atomic E-state index is 13.5. The summed E-state index contributed by atoms with van der Waals surface area (Å²) in [5.74, 6) is -0.531. The molecule has 0 radical (unpaired) electrons. The van der Waals surface area contributed by atoms with Crippen LogP contribution in [0.2, 0.25) is 0 Å². The van der Waals surface area contributed by atoms with Crippen LogP contribution in [0.3, 0.4) is 0 Å². The van der Waals surface area contributed by atoms with E-state index in [4.69, 9.17) is 4.42 Å². The van der Waals surface area contributed by atoms with Gasteiger partial charge in [0.15, 0.2) is 0 Å². The summed E-state index contributed by atoms with van der Waals surface area (Å²) in [5, 5.41) is 7.91. The van der Waals surface area contributed by atoms with Gasteiger partial charge in [0.2, 0.25) is 0 Å². The highest BCUT2D eigenvalue weighted by Gasteiger charge is 2.39. The quantitative estimate of drug-likeness (QED) is 0.264. The number of carbonyl (C=O) groups excluding carboxylic acids is 3. The molecule has 3 amide bonds. The standard InChI is InChI=1S/C28H23N3O4S2/c1-17-10-11-20(14-18(17)2)29-24-25(28(34)31(27(24)33)16-21-7-4-12-35-21)37-22-8-3-6-19(15-22)30-26(32)23-9-5-13-36-23/h3-15,29H,16H2,1-2H3,(H,30,32). The van der Waals surface area contributed by atoms with Gasteiger partial charge in [-0.05, 0) is 78.9 Å². The minimum Gasteiger partial charge on any atom is -0.467 e. The van der Waals surface area contributed by atoms with Crippen LogP contribution in [0.5, 0.6) is 0 Å². The van der Waals surface area contributed by atoms with Gasteiger partial charge in [0, 0.05) is 16.3 Å². The minimum atomic E-state index is -0.427. The van der Waals surface area contributed by atoms with Crippen molar-refractivity contribution in [2.24, 2.45) is 0 Å². The lowest BCUT2D eigenvalue weighted by molar-refractivity contribution is -0.138. The summed E-state index contributed by atoms with van der Waals surface area (Å²) < 4.78 is 5.38. The molecule has 0 saturated heterocycles. The molecule has 0 unspecified atom stereocenters. The number of thiophene rings is 1. The van der Waals surface area contributed by atoms with E-state index in [9.17, 15) is 14.4 Å². The van der Waals surface area contributed by atoms with Gasteiger partial charge < -0.3 is 15.1 Å². The Labute approximate surface area is 222 Å². The summed E-state index contributed by atoms with van der Waals surface area (Å²) in [6.45, 7) is 4.04. The lowest BCUT2D eigenvalue weighted by Gasteiger charge is -2.14. The molecule has 0 saturated carbocycles. The van der Waals surface area contributed by atoms with Crippen molar-refractivity contribution >= 4 is 52.2 Å². The number of nitrogens with zero attached hydrogens (tertiary/aromatic N) is 1. The van der Waals surface area contributed by atoms with Crippen LogP contribution in [0, 0.1) is 13.8 Å². The van der Waals surface area contributed by atoms with E-state index >= 15 is 0 Å². The molecule has 0 fully saturated rings. The lowest BCUT2D eigenvalue weighted by atomic mass is 10.1. The Morgan fingerprint density at radius 3 is 2.54 bits per heavy atom. The molecule has 2 aromatic carbocycles. The summed E-state index contributed by atoms with van der Waals surface area (Å²) in [6, 6.07) is 20.0. The van der Waals surface area contributed by atoms with Gasteiger partial charge in [-0.1, -0.05) is 30.0 Å². The first-order chi connectivity index (χ1) is 17.9. The van der Waals surface area contributed by atoms with E-state index in [2.05, 4.69) is 10.6 Å². The van der Waals surface area contributed by atoms with Crippen molar-refractivity contribution in [1.82, 2.24) is 4.90 Å². The van der Waals surface area contributed by atoms with Gasteiger partial charge in [-0.3, -0.25) is 19.3 Å². The third-order valence-corrected chi connectivity index (χ3v) is 7.79. The Hall–Kier alpha value is -4.08. The van der Waals surface area contributed by atoms with Crippen LogP contribution < -0.4 is 10.6 Å². The van der Waals surface area contributed by atoms with Crippen molar-refractivity contribution in [2.45, 2.75) is 25.3 Å². The number of anilines is 2. The molecule has 9 heteroatoms. The number of amides is 3. The van der Waals surface area contributed by atoms with E-state index in [1.807, 2.05) is 49.6 Å². The fourth-order valence-electron chi connectivity index (χ4n) is 3.78. The van der Waals surface area contributed by atoms with Gasteiger partial charge in [-0.15, -0.1) is 11.3 Å². The highest BCUT2D eigenvalue weighted by atomic mass is 32.2. The smallest absolute Gasteiger partial charge is 0.278 e. The van der Waals surface area contributed by atoms with Crippen LogP contribution in [0.4, 0.5) is 11.4 Å². The van der Waals surface area contributed by atoms with Crippen LogP contribution in [0.1, 0.15) is 26.6 Å². The Kier molecular flexibility index (Phi) is 6.98. The van der Waals surface area contributed by atoms with Crippen LogP contribution in [0.25, 0.3) is 0 Å². The molecular weight excluding hydrogens is 506 g/mol. The highest BCUT2D eigenvalue weighted by Crippen LogP contribution is 2.37. The molecule has 7 nitrogen and oxygen atoms in total. The fourth-order valence-corrected chi connectivity index (χ4v) is 5.40. The third-order valence-electron chi connectivity index (χ3n) is 5.85. The average Bonchev–Trinajstić information content (AvgIpc) is 3.64. The predicted molar refractivity (Wildman–Crippen MR) is 145 cm³/mol. The Balaban J connectivity index is 1.44. The molecule has 2 aromatic heterocycles. The van der Waals surface area contributed by atoms with Crippen LogP contribution in [-0.2, 0) is 16.1 Å². The molecule has 5 rings (SSSR count). The van der Waals surface area contributed by atoms with Crippen molar-refractivity contribution in [3.05, 3.63) is 111 Å². The number of aryl methyl sites for hydroxylation is 2. The first kappa shape index (κ1) is 24.6. The SMILES string of the molecule is Cc1ccc(NC2=C(Sc3cccc(NC(=O)c4cccs4)c3)C(=O)N(Cc3ccco3)C2=O)cc1C. The number of furan rings is 1. The van der Waals surface area contributed by atoms with E-state index in [1.54, 1.807) is 36.4 Å². The zero-order valence-corrected chi connectivity index (χ0v) is 21.7. The number of benzene rings is 2. The number of rotatable bonds is 8. The molecule has 1 aliphatic rings. The zero-order chi connectivity index (χ0) is 25.9. The molecule has 3 heterocycles. The molecule has 186 valence electrons. The lowest BCUT2D eigenvalue weighted by Crippen LogP contribution is -2.31. The molecule has 0 bridgehead atoms. The van der Waals surface area contributed by atoms with Gasteiger partial charge in [-0.2, -0.15) is 0 Å². The summed E-state index contributed by atoms with van der Waals surface area (Å²) >= 11 is 2.54. The first-order valence-corrected chi connectivity index (χ1v) is 13.2. The molecule has 4 aromatic rings. The molecule has 0 aliphatic carbocycles. The first-order valence-electron chi connectivity index (χ1n) is 11.5. The van der Waals surface area contributed by atoms with Gasteiger partial charge in [0.25, 0.3) is 17.7 Å². The Morgan fingerprint density at radius 2 is 1.81 bits per heavy atom. The van der Waals surface area contributed by atoms with Gasteiger partial charge in [-0.25, -0.2) is 0 Å². The van der Waals surface area contributed by atoms with E-state index in [0.717, 1.165) is 11.1 Å². The van der Waals surface area contributed by atoms with E-state index in [0.29, 0.717) is 26.9 Å². The van der Waals surface area contributed by atoms with Gasteiger partial charge in [0.1, 0.15) is 16.4 Å². The summed E-state index contributed by atoms with van der Waals surface area (Å²) in [7, 11) is 0. The molecular formula is C28H23N3O4S2. The van der Waals surface area contributed by atoms with Crippen molar-refractivity contribution in [3.63, 3.8) is 0 Å². The van der Waals surface area contributed by atoms with E-state index in [-0.39, 0.29) is 23.1 Å². The second-order valence-electron chi connectivity index (χ2n) is 8.47. The van der Waals surface area contributed by atoms with Crippen molar-refractivity contribution in [1.29, 1.82) is 0 Å². The maximum Gasteiger partial charge on any atom is 0.278 e. The monoisotopic (exact) mass is 529 g/mol. The molecule has 1 aliphatic heterocycles. The van der Waals surface area contributed by atoms with Gasteiger partial charge >= 0.3 is 0 Å². The topological polar surface area (TPSA) is 91.7 Å². The maximum atomic E-state index is 13.5. The largest absolute Gasteiger partial charge is 0.467 e. The van der Waals surface area contributed by atoms with E-state index in [1.165, 1.54) is 34.3 Å². The number of hydrogen-bond donors (Lipinski definition) is 2. The fraction of sp³-hybridized carbons (Fsp3) is 0.107. The number of hydrogen-bond acceptors (Lipinski definition) is 7. The van der Waals surface area contributed by atoms with Crippen LogP contribution in [-0.4, -0.2) is 22.6 Å². The Bertz CT molecular complexity index is 1510. The summed E-state index contributed by atoms with van der Waals surface area (Å²) in [5.41, 5.74) is 3.71. The van der Waals surface area contributed by atoms with Crippen molar-refractivity contribution in [3.8, 4) is 0 Å². The highest BCUT2D eigenvalue weighted by molar-refractivity contribution is 8.04. The minimum absolute atomic E-state index is 0.0315. The predicted octanol–water partition coefficient (Wildman–Crippen LogP) is 6.20. The second kappa shape index (κ2) is 10.5.